The number of rotatable bonds is 6. The lowest BCUT2D eigenvalue weighted by molar-refractivity contribution is -0.132. The minimum absolute atomic E-state index is 0.0730. The van der Waals surface area contributed by atoms with E-state index in [1.807, 2.05) is 6.92 Å². The number of nitrogens with zero attached hydrogens (tertiary/aromatic N) is 3. The number of benzene rings is 1. The molecular weight excluding hydrogens is 370 g/mol. The normalized spacial score (nSPS) is 14.0. The zero-order valence-electron chi connectivity index (χ0n) is 15.6. The number of sulfone groups is 1. The Morgan fingerprint density at radius 3 is 2.63 bits per heavy atom. The van der Waals surface area contributed by atoms with E-state index in [-0.39, 0.29) is 23.0 Å². The van der Waals surface area contributed by atoms with Crippen LogP contribution in [0.3, 0.4) is 0 Å². The van der Waals surface area contributed by atoms with Crippen LogP contribution in [0.15, 0.2) is 29.3 Å². The Kier molecular flexibility index (Phi) is 5.41. The summed E-state index contributed by atoms with van der Waals surface area (Å²) in [6.45, 7) is 3.61. The second-order valence-electron chi connectivity index (χ2n) is 6.37. The Bertz CT molecular complexity index is 952. The van der Waals surface area contributed by atoms with Crippen LogP contribution in [0.5, 0.6) is 11.5 Å². The highest BCUT2D eigenvalue weighted by molar-refractivity contribution is 7.91. The number of imidazole rings is 1. The van der Waals surface area contributed by atoms with Gasteiger partial charge in [-0.15, -0.1) is 0 Å². The molecule has 1 aromatic carbocycles. The Hall–Kier alpha value is -2.55. The van der Waals surface area contributed by atoms with Crippen LogP contribution in [0.25, 0.3) is 0 Å². The first-order valence-electron chi connectivity index (χ1n) is 8.59. The number of fused-ring (bicyclic) bond motifs is 1. The molecule has 1 aromatic heterocycles. The number of aryl methyl sites for hydroxylation is 1. The molecule has 2 aromatic rings. The predicted octanol–water partition coefficient (Wildman–Crippen LogP) is 1.41. The molecule has 3 rings (SSSR count). The monoisotopic (exact) mass is 393 g/mol. The van der Waals surface area contributed by atoms with Gasteiger partial charge in [-0.25, -0.2) is 13.4 Å². The van der Waals surface area contributed by atoms with E-state index in [0.717, 1.165) is 11.5 Å². The largest absolute Gasteiger partial charge is 0.493 e. The first-order valence-corrected chi connectivity index (χ1v) is 10.2. The molecule has 9 heteroatoms. The zero-order chi connectivity index (χ0) is 19.6. The van der Waals surface area contributed by atoms with Gasteiger partial charge in [-0.1, -0.05) is 0 Å². The van der Waals surface area contributed by atoms with Gasteiger partial charge in [0.05, 0.1) is 31.4 Å². The van der Waals surface area contributed by atoms with Gasteiger partial charge in [-0.2, -0.15) is 0 Å². The van der Waals surface area contributed by atoms with Crippen molar-refractivity contribution in [2.75, 3.05) is 26.5 Å². The van der Waals surface area contributed by atoms with Crippen molar-refractivity contribution in [3.05, 3.63) is 35.9 Å². The molecule has 0 aliphatic carbocycles. The highest BCUT2D eigenvalue weighted by Gasteiger charge is 2.25. The Balaban J connectivity index is 1.66. The summed E-state index contributed by atoms with van der Waals surface area (Å²) in [5, 5.41) is 0. The van der Waals surface area contributed by atoms with Gasteiger partial charge in [-0.05, 0) is 19.1 Å². The highest BCUT2D eigenvalue weighted by Crippen LogP contribution is 2.30. The van der Waals surface area contributed by atoms with Gasteiger partial charge in [0, 0.05) is 37.5 Å². The smallest absolute Gasteiger partial charge is 0.224 e. The average Bonchev–Trinajstić information content (AvgIpc) is 3.05. The molecule has 27 heavy (non-hydrogen) atoms. The van der Waals surface area contributed by atoms with Crippen molar-refractivity contribution in [2.45, 2.75) is 31.3 Å². The lowest BCUT2D eigenvalue weighted by Crippen LogP contribution is -2.39. The summed E-state index contributed by atoms with van der Waals surface area (Å²) in [5.74, 6) is 1.17. The summed E-state index contributed by atoms with van der Waals surface area (Å²) in [4.78, 5) is 18.6. The fourth-order valence-corrected chi connectivity index (χ4v) is 4.37. The standard InChI is InChI=1S/C18H23N3O5S/c1-13-11-19-17-12-20(7-8-21(13)17)18(22)6-9-27(23,24)14-4-5-15(25-2)16(10-14)26-3/h4-5,10-11H,6-9,12H2,1-3H3. The fourth-order valence-electron chi connectivity index (χ4n) is 3.13. The van der Waals surface area contributed by atoms with E-state index in [1.54, 1.807) is 17.2 Å². The van der Waals surface area contributed by atoms with E-state index in [2.05, 4.69) is 9.55 Å². The van der Waals surface area contributed by atoms with Crippen molar-refractivity contribution in [3.63, 3.8) is 0 Å². The summed E-state index contributed by atoms with van der Waals surface area (Å²) < 4.78 is 37.6. The van der Waals surface area contributed by atoms with Crippen molar-refractivity contribution in [2.24, 2.45) is 0 Å². The zero-order valence-corrected chi connectivity index (χ0v) is 16.5. The molecule has 8 nitrogen and oxygen atoms in total. The molecule has 1 aliphatic rings. The molecule has 1 amide bonds. The Morgan fingerprint density at radius 1 is 1.19 bits per heavy atom. The number of hydrogen-bond acceptors (Lipinski definition) is 6. The predicted molar refractivity (Wildman–Crippen MR) is 98.6 cm³/mol. The van der Waals surface area contributed by atoms with E-state index >= 15 is 0 Å². The van der Waals surface area contributed by atoms with Crippen molar-refractivity contribution in [1.82, 2.24) is 14.5 Å². The summed E-state index contributed by atoms with van der Waals surface area (Å²) in [5.41, 5.74) is 1.06. The molecule has 0 radical (unpaired) electrons. The van der Waals surface area contributed by atoms with E-state index in [9.17, 15) is 13.2 Å². The van der Waals surface area contributed by atoms with Crippen molar-refractivity contribution in [1.29, 1.82) is 0 Å². The molecule has 0 saturated carbocycles. The molecule has 1 aliphatic heterocycles. The second kappa shape index (κ2) is 7.59. The molecule has 0 N–H and O–H groups in total. The van der Waals surface area contributed by atoms with Crippen molar-refractivity contribution in [3.8, 4) is 11.5 Å². The first-order chi connectivity index (χ1) is 12.9. The molecule has 0 fully saturated rings. The summed E-state index contributed by atoms with van der Waals surface area (Å²) in [6, 6.07) is 4.42. The number of aromatic nitrogens is 2. The van der Waals surface area contributed by atoms with Gasteiger partial charge >= 0.3 is 0 Å². The van der Waals surface area contributed by atoms with Gasteiger partial charge in [0.1, 0.15) is 5.82 Å². The minimum Gasteiger partial charge on any atom is -0.493 e. The highest BCUT2D eigenvalue weighted by atomic mass is 32.2. The first kappa shape index (κ1) is 19.2. The van der Waals surface area contributed by atoms with Crippen LogP contribution in [-0.4, -0.2) is 55.3 Å². The number of amides is 1. The van der Waals surface area contributed by atoms with Crippen LogP contribution in [0.2, 0.25) is 0 Å². The van der Waals surface area contributed by atoms with E-state index in [0.29, 0.717) is 31.1 Å². The number of methoxy groups -OCH3 is 2. The fraction of sp³-hybridized carbons (Fsp3) is 0.444. The van der Waals surface area contributed by atoms with Crippen LogP contribution in [0, 0.1) is 6.92 Å². The molecule has 146 valence electrons. The van der Waals surface area contributed by atoms with Gasteiger partial charge < -0.3 is 18.9 Å². The van der Waals surface area contributed by atoms with Gasteiger partial charge in [0.15, 0.2) is 21.3 Å². The number of carbonyl (C=O) groups is 1. The second-order valence-corrected chi connectivity index (χ2v) is 8.48. The topological polar surface area (TPSA) is 90.7 Å². The van der Waals surface area contributed by atoms with E-state index < -0.39 is 9.84 Å². The lowest BCUT2D eigenvalue weighted by Gasteiger charge is -2.28. The SMILES string of the molecule is COc1ccc(S(=O)(=O)CCC(=O)N2CCn3c(C)cnc3C2)cc1OC. The maximum absolute atomic E-state index is 12.6. The van der Waals surface area contributed by atoms with Crippen LogP contribution in [0.4, 0.5) is 0 Å². The Morgan fingerprint density at radius 2 is 1.93 bits per heavy atom. The lowest BCUT2D eigenvalue weighted by atomic mass is 10.3. The van der Waals surface area contributed by atoms with Gasteiger partial charge in [-0.3, -0.25) is 4.79 Å². The minimum atomic E-state index is -3.61. The Labute approximate surface area is 158 Å². The van der Waals surface area contributed by atoms with Crippen molar-refractivity contribution < 1.29 is 22.7 Å². The molecule has 0 saturated heterocycles. The van der Waals surface area contributed by atoms with Crippen LogP contribution >= 0.6 is 0 Å². The van der Waals surface area contributed by atoms with Crippen LogP contribution < -0.4 is 9.47 Å². The average molecular weight is 393 g/mol. The van der Waals surface area contributed by atoms with Gasteiger partial charge in [0.25, 0.3) is 0 Å². The number of ether oxygens (including phenoxy) is 2. The molecule has 0 spiro atoms. The van der Waals surface area contributed by atoms with Gasteiger partial charge in [0.2, 0.25) is 5.91 Å². The number of hydrogen-bond donors (Lipinski definition) is 0. The van der Waals surface area contributed by atoms with Crippen LogP contribution in [0.1, 0.15) is 17.9 Å². The summed E-state index contributed by atoms with van der Waals surface area (Å²) in [7, 11) is -0.685. The van der Waals surface area contributed by atoms with Crippen molar-refractivity contribution >= 4 is 15.7 Å². The van der Waals surface area contributed by atoms with E-state index in [1.165, 1.54) is 26.4 Å². The molecule has 2 heterocycles. The molecule has 0 atom stereocenters. The van der Waals surface area contributed by atoms with E-state index in [4.69, 9.17) is 9.47 Å². The van der Waals surface area contributed by atoms with Crippen LogP contribution in [-0.2, 0) is 27.7 Å². The molecule has 0 unspecified atom stereocenters. The maximum Gasteiger partial charge on any atom is 0.224 e. The third-order valence-corrected chi connectivity index (χ3v) is 6.43. The third-order valence-electron chi connectivity index (χ3n) is 4.72. The molecular formula is C18H23N3O5S. The summed E-state index contributed by atoms with van der Waals surface area (Å²) in [6.07, 6.45) is 1.71. The quantitative estimate of drug-likeness (QED) is 0.737. The maximum atomic E-state index is 12.6. The molecule has 0 bridgehead atoms. The summed E-state index contributed by atoms with van der Waals surface area (Å²) >= 11 is 0. The third kappa shape index (κ3) is 3.92. The number of carbonyl (C=O) groups excluding carboxylic acids is 1.